The van der Waals surface area contributed by atoms with Gasteiger partial charge in [-0.05, 0) is 6.92 Å². The number of carboxylic acids is 1. The number of amides is 3. The lowest BCUT2D eigenvalue weighted by Crippen LogP contribution is -2.56. The van der Waals surface area contributed by atoms with Gasteiger partial charge in [-0.25, -0.2) is 4.79 Å². The highest BCUT2D eigenvalue weighted by Crippen LogP contribution is 2.11. The zero-order valence-electron chi connectivity index (χ0n) is 10.1. The van der Waals surface area contributed by atoms with E-state index in [0.717, 1.165) is 0 Å². The lowest BCUT2D eigenvalue weighted by atomic mass is 10.1. The van der Waals surface area contributed by atoms with Crippen molar-refractivity contribution in [2.75, 3.05) is 19.8 Å². The number of nitrogens with zero attached hydrogens (tertiary/aromatic N) is 1. The quantitative estimate of drug-likeness (QED) is 0.582. The Morgan fingerprint density at radius 1 is 1.56 bits per heavy atom. The van der Waals surface area contributed by atoms with Crippen molar-refractivity contribution in [1.82, 2.24) is 10.2 Å². The molecule has 4 N–H and O–H groups in total. The van der Waals surface area contributed by atoms with E-state index < -0.39 is 30.0 Å². The van der Waals surface area contributed by atoms with Crippen molar-refractivity contribution in [3.63, 3.8) is 0 Å². The maximum Gasteiger partial charge on any atom is 0.318 e. The first-order chi connectivity index (χ1) is 8.41. The van der Waals surface area contributed by atoms with Gasteiger partial charge in [-0.15, -0.1) is 0 Å². The van der Waals surface area contributed by atoms with Gasteiger partial charge < -0.3 is 25.8 Å². The van der Waals surface area contributed by atoms with Gasteiger partial charge in [-0.1, -0.05) is 0 Å². The number of hydrogen-bond donors (Lipinski definition) is 3. The van der Waals surface area contributed by atoms with E-state index in [2.05, 4.69) is 5.32 Å². The van der Waals surface area contributed by atoms with Crippen LogP contribution in [0.15, 0.2) is 0 Å². The maximum atomic E-state index is 11.9. The van der Waals surface area contributed by atoms with E-state index in [9.17, 15) is 14.4 Å². The summed E-state index contributed by atoms with van der Waals surface area (Å²) in [6, 6.07) is -1.84. The Labute approximate surface area is 104 Å². The molecule has 102 valence electrons. The molecule has 0 bridgehead atoms. The molecule has 1 heterocycles. The van der Waals surface area contributed by atoms with Crippen molar-refractivity contribution >= 4 is 17.9 Å². The highest BCUT2D eigenvalue weighted by atomic mass is 16.5. The first kappa shape index (κ1) is 14.2. The van der Waals surface area contributed by atoms with Gasteiger partial charge in [0.15, 0.2) is 0 Å². The largest absolute Gasteiger partial charge is 0.481 e. The molecule has 0 aromatic heterocycles. The molecular weight excluding hydrogens is 242 g/mol. The summed E-state index contributed by atoms with van der Waals surface area (Å²) in [7, 11) is 0. The number of carbonyl (C=O) groups excluding carboxylic acids is 2. The van der Waals surface area contributed by atoms with Gasteiger partial charge in [0.25, 0.3) is 0 Å². The number of morpholine rings is 1. The fraction of sp³-hybridized carbons (Fsp3) is 0.700. The molecule has 1 saturated heterocycles. The van der Waals surface area contributed by atoms with E-state index in [-0.39, 0.29) is 19.6 Å². The van der Waals surface area contributed by atoms with Crippen LogP contribution in [0.2, 0.25) is 0 Å². The molecule has 3 amide bonds. The molecule has 8 heteroatoms. The standard InChI is InChI=1S/C10H17N3O5/c1-6(9(11)16)12-10(17)13-2-3-18-5-7(13)4-8(14)15/h6-7H,2-5H2,1H3,(H2,11,16)(H,12,17)(H,14,15). The third-order valence-electron chi connectivity index (χ3n) is 2.67. The van der Waals surface area contributed by atoms with Crippen molar-refractivity contribution in [2.45, 2.75) is 25.4 Å². The van der Waals surface area contributed by atoms with E-state index in [1.54, 1.807) is 0 Å². The van der Waals surface area contributed by atoms with Gasteiger partial charge in [0.2, 0.25) is 5.91 Å². The number of urea groups is 1. The van der Waals surface area contributed by atoms with E-state index >= 15 is 0 Å². The van der Waals surface area contributed by atoms with E-state index in [1.807, 2.05) is 0 Å². The molecule has 18 heavy (non-hydrogen) atoms. The third-order valence-corrected chi connectivity index (χ3v) is 2.67. The molecule has 1 aliphatic rings. The Morgan fingerprint density at radius 2 is 2.22 bits per heavy atom. The van der Waals surface area contributed by atoms with Crippen LogP contribution in [0.3, 0.4) is 0 Å². The Balaban J connectivity index is 2.62. The topological polar surface area (TPSA) is 122 Å². The van der Waals surface area contributed by atoms with E-state index in [1.165, 1.54) is 11.8 Å². The number of carboxylic acid groups (broad SMARTS) is 1. The summed E-state index contributed by atoms with van der Waals surface area (Å²) in [5, 5.41) is 11.2. The number of ether oxygens (including phenoxy) is 1. The highest BCUT2D eigenvalue weighted by molar-refractivity contribution is 5.85. The number of carbonyl (C=O) groups is 3. The van der Waals surface area contributed by atoms with Crippen molar-refractivity contribution in [1.29, 1.82) is 0 Å². The van der Waals surface area contributed by atoms with Crippen LogP contribution in [0.5, 0.6) is 0 Å². The number of hydrogen-bond acceptors (Lipinski definition) is 4. The van der Waals surface area contributed by atoms with Crippen LogP contribution in [-0.2, 0) is 14.3 Å². The number of nitrogens with one attached hydrogen (secondary N) is 1. The Hall–Kier alpha value is -1.83. The van der Waals surface area contributed by atoms with Gasteiger partial charge in [0.1, 0.15) is 6.04 Å². The number of nitrogens with two attached hydrogens (primary N) is 1. The van der Waals surface area contributed by atoms with Crippen molar-refractivity contribution in [3.05, 3.63) is 0 Å². The molecule has 0 radical (unpaired) electrons. The predicted molar refractivity (Wildman–Crippen MR) is 60.8 cm³/mol. The van der Waals surface area contributed by atoms with Crippen LogP contribution in [0.1, 0.15) is 13.3 Å². The molecule has 2 atom stereocenters. The van der Waals surface area contributed by atoms with Crippen LogP contribution >= 0.6 is 0 Å². The van der Waals surface area contributed by atoms with Crippen molar-refractivity contribution in [2.24, 2.45) is 5.73 Å². The monoisotopic (exact) mass is 259 g/mol. The second kappa shape index (κ2) is 6.20. The molecule has 0 aliphatic carbocycles. The molecule has 1 fully saturated rings. The zero-order valence-corrected chi connectivity index (χ0v) is 10.1. The molecule has 1 aliphatic heterocycles. The number of aliphatic carboxylic acids is 1. The van der Waals surface area contributed by atoms with Gasteiger partial charge in [0, 0.05) is 6.54 Å². The molecule has 1 rings (SSSR count). The molecular formula is C10H17N3O5. The molecule has 2 unspecified atom stereocenters. The second-order valence-corrected chi connectivity index (χ2v) is 4.09. The van der Waals surface area contributed by atoms with Crippen molar-refractivity contribution in [3.8, 4) is 0 Å². The summed E-state index contributed by atoms with van der Waals surface area (Å²) in [5.74, 6) is -1.65. The average molecular weight is 259 g/mol. The third kappa shape index (κ3) is 3.88. The van der Waals surface area contributed by atoms with Crippen LogP contribution < -0.4 is 11.1 Å². The average Bonchev–Trinajstić information content (AvgIpc) is 2.28. The van der Waals surface area contributed by atoms with E-state index in [0.29, 0.717) is 6.61 Å². The first-order valence-electron chi connectivity index (χ1n) is 5.57. The summed E-state index contributed by atoms with van der Waals surface area (Å²) in [5.41, 5.74) is 5.04. The number of rotatable bonds is 4. The molecule has 0 saturated carbocycles. The van der Waals surface area contributed by atoms with Gasteiger partial charge in [-0.3, -0.25) is 9.59 Å². The smallest absolute Gasteiger partial charge is 0.318 e. The van der Waals surface area contributed by atoms with Crippen LogP contribution in [0.25, 0.3) is 0 Å². The fourth-order valence-electron chi connectivity index (χ4n) is 1.63. The summed E-state index contributed by atoms with van der Waals surface area (Å²) < 4.78 is 5.14. The van der Waals surface area contributed by atoms with Crippen molar-refractivity contribution < 1.29 is 24.2 Å². The lowest BCUT2D eigenvalue weighted by Gasteiger charge is -2.35. The lowest BCUT2D eigenvalue weighted by molar-refractivity contribution is -0.139. The Bertz CT molecular complexity index is 346. The molecule has 0 aromatic rings. The predicted octanol–water partition coefficient (Wildman–Crippen LogP) is -1.25. The minimum absolute atomic E-state index is 0.171. The zero-order chi connectivity index (χ0) is 13.7. The number of primary amides is 1. The van der Waals surface area contributed by atoms with E-state index in [4.69, 9.17) is 15.6 Å². The summed E-state index contributed by atoms with van der Waals surface area (Å²) >= 11 is 0. The molecule has 0 spiro atoms. The summed E-state index contributed by atoms with van der Waals surface area (Å²) in [6.07, 6.45) is -0.196. The van der Waals surface area contributed by atoms with Gasteiger partial charge in [0.05, 0.1) is 25.7 Å². The SMILES string of the molecule is CC(NC(=O)N1CCOCC1CC(=O)O)C(N)=O. The summed E-state index contributed by atoms with van der Waals surface area (Å²) in [4.78, 5) is 34.7. The molecule has 0 aromatic carbocycles. The maximum absolute atomic E-state index is 11.9. The summed E-state index contributed by atoms with van der Waals surface area (Å²) in [6.45, 7) is 2.27. The fourth-order valence-corrected chi connectivity index (χ4v) is 1.63. The Kier molecular flexibility index (Phi) is 4.90. The second-order valence-electron chi connectivity index (χ2n) is 4.09. The van der Waals surface area contributed by atoms with Crippen LogP contribution in [0.4, 0.5) is 4.79 Å². The van der Waals surface area contributed by atoms with Gasteiger partial charge >= 0.3 is 12.0 Å². The van der Waals surface area contributed by atoms with Gasteiger partial charge in [-0.2, -0.15) is 0 Å². The van der Waals surface area contributed by atoms with Crippen LogP contribution in [-0.4, -0.2) is 59.8 Å². The minimum atomic E-state index is -1.01. The Morgan fingerprint density at radius 3 is 2.78 bits per heavy atom. The van der Waals surface area contributed by atoms with Crippen LogP contribution in [0, 0.1) is 0 Å². The normalized spacial score (nSPS) is 21.2. The highest BCUT2D eigenvalue weighted by Gasteiger charge is 2.30. The molecule has 8 nitrogen and oxygen atoms in total. The minimum Gasteiger partial charge on any atom is -0.481 e. The first-order valence-corrected chi connectivity index (χ1v) is 5.57.